The van der Waals surface area contributed by atoms with Crippen molar-refractivity contribution in [2.24, 2.45) is 5.73 Å². The lowest BCUT2D eigenvalue weighted by Gasteiger charge is -2.30. The molecule has 0 amide bonds. The first-order valence-corrected chi connectivity index (χ1v) is 6.15. The lowest BCUT2D eigenvalue weighted by Crippen LogP contribution is -2.50. The summed E-state index contributed by atoms with van der Waals surface area (Å²) in [5.74, 6) is 3.52. The van der Waals surface area contributed by atoms with E-state index in [9.17, 15) is 0 Å². The van der Waals surface area contributed by atoms with Gasteiger partial charge in [0.15, 0.2) is 0 Å². The average Bonchev–Trinajstić information content (AvgIpc) is 2.40. The van der Waals surface area contributed by atoms with Crippen molar-refractivity contribution in [1.82, 2.24) is 5.32 Å². The zero-order chi connectivity index (χ0) is 13.4. The van der Waals surface area contributed by atoms with Crippen LogP contribution in [0.4, 0.5) is 0 Å². The molecule has 3 heteroatoms. The molecule has 1 aromatic carbocycles. The number of hydrogen-bond donors (Lipinski definition) is 2. The summed E-state index contributed by atoms with van der Waals surface area (Å²) in [7, 11) is 1.68. The third-order valence-corrected chi connectivity index (χ3v) is 3.04. The van der Waals surface area contributed by atoms with Gasteiger partial charge in [-0.15, -0.1) is 12.3 Å². The summed E-state index contributed by atoms with van der Waals surface area (Å²) < 4.78 is 5.36. The number of nitrogens with two attached hydrogens (primary N) is 1. The molecule has 0 saturated heterocycles. The molecule has 18 heavy (non-hydrogen) atoms. The van der Waals surface area contributed by atoms with Crippen molar-refractivity contribution in [3.63, 3.8) is 0 Å². The highest BCUT2D eigenvalue weighted by molar-refractivity contribution is 5.34. The molecular formula is C15H22N2O. The Morgan fingerprint density at radius 3 is 2.78 bits per heavy atom. The molecule has 1 rings (SSSR count). The van der Waals surface area contributed by atoms with Gasteiger partial charge in [0.2, 0.25) is 0 Å². The van der Waals surface area contributed by atoms with E-state index in [0.29, 0.717) is 13.0 Å². The Morgan fingerprint density at radius 1 is 1.44 bits per heavy atom. The topological polar surface area (TPSA) is 47.3 Å². The van der Waals surface area contributed by atoms with E-state index >= 15 is 0 Å². The minimum absolute atomic E-state index is 0.161. The summed E-state index contributed by atoms with van der Waals surface area (Å²) in [5.41, 5.74) is 6.87. The fraction of sp³-hybridized carbons (Fsp3) is 0.467. The van der Waals surface area contributed by atoms with Gasteiger partial charge < -0.3 is 15.8 Å². The lowest BCUT2D eigenvalue weighted by atomic mass is 9.92. The molecule has 1 unspecified atom stereocenters. The summed E-state index contributed by atoms with van der Waals surface area (Å²) in [5, 5.41) is 3.42. The molecule has 0 spiro atoms. The van der Waals surface area contributed by atoms with Crippen LogP contribution >= 0.6 is 0 Å². The fourth-order valence-corrected chi connectivity index (χ4v) is 1.91. The third kappa shape index (κ3) is 4.06. The summed E-state index contributed by atoms with van der Waals surface area (Å²) >= 11 is 0. The minimum atomic E-state index is -0.161. The van der Waals surface area contributed by atoms with Gasteiger partial charge in [-0.1, -0.05) is 18.2 Å². The second kappa shape index (κ2) is 7.05. The van der Waals surface area contributed by atoms with Gasteiger partial charge in [-0.25, -0.2) is 0 Å². The van der Waals surface area contributed by atoms with Crippen molar-refractivity contribution in [2.75, 3.05) is 20.2 Å². The SMILES string of the molecule is C#CCCNC(C)(CN)Cc1ccccc1OC. The van der Waals surface area contributed by atoms with E-state index < -0.39 is 0 Å². The van der Waals surface area contributed by atoms with Crippen LogP contribution in [0.1, 0.15) is 18.9 Å². The smallest absolute Gasteiger partial charge is 0.122 e. The maximum Gasteiger partial charge on any atom is 0.122 e. The Labute approximate surface area is 110 Å². The van der Waals surface area contributed by atoms with Crippen molar-refractivity contribution in [3.8, 4) is 18.1 Å². The molecule has 3 N–H and O–H groups in total. The molecule has 0 aliphatic rings. The minimum Gasteiger partial charge on any atom is -0.496 e. The van der Waals surface area contributed by atoms with Gasteiger partial charge in [0, 0.05) is 25.0 Å². The quantitative estimate of drug-likeness (QED) is 0.567. The molecule has 0 saturated carbocycles. The molecule has 0 aliphatic carbocycles. The number of benzene rings is 1. The number of methoxy groups -OCH3 is 1. The number of nitrogens with one attached hydrogen (secondary N) is 1. The van der Waals surface area contributed by atoms with Crippen molar-refractivity contribution >= 4 is 0 Å². The summed E-state index contributed by atoms with van der Waals surface area (Å²) in [4.78, 5) is 0. The first kappa shape index (κ1) is 14.6. The number of hydrogen-bond acceptors (Lipinski definition) is 3. The fourth-order valence-electron chi connectivity index (χ4n) is 1.91. The summed E-state index contributed by atoms with van der Waals surface area (Å²) in [6.07, 6.45) is 6.78. The van der Waals surface area contributed by atoms with Crippen molar-refractivity contribution < 1.29 is 4.74 Å². The summed E-state index contributed by atoms with van der Waals surface area (Å²) in [6, 6.07) is 8.01. The highest BCUT2D eigenvalue weighted by atomic mass is 16.5. The predicted molar refractivity (Wildman–Crippen MR) is 75.6 cm³/mol. The molecule has 0 fully saturated rings. The standard InChI is InChI=1S/C15H22N2O/c1-4-5-10-17-15(2,12-16)11-13-8-6-7-9-14(13)18-3/h1,6-9,17H,5,10-12,16H2,2-3H3. The van der Waals surface area contributed by atoms with E-state index in [1.165, 1.54) is 0 Å². The molecule has 0 aromatic heterocycles. The van der Waals surface area contributed by atoms with Crippen LogP contribution in [0, 0.1) is 12.3 Å². The molecule has 98 valence electrons. The van der Waals surface area contributed by atoms with Crippen LogP contribution in [0.25, 0.3) is 0 Å². The lowest BCUT2D eigenvalue weighted by molar-refractivity contribution is 0.354. The van der Waals surface area contributed by atoms with Gasteiger partial charge >= 0.3 is 0 Å². The van der Waals surface area contributed by atoms with Crippen LogP contribution in [-0.4, -0.2) is 25.7 Å². The first-order chi connectivity index (χ1) is 8.65. The maximum atomic E-state index is 5.87. The first-order valence-electron chi connectivity index (χ1n) is 6.15. The van der Waals surface area contributed by atoms with Gasteiger partial charge in [0.05, 0.1) is 7.11 Å². The monoisotopic (exact) mass is 246 g/mol. The second-order valence-electron chi connectivity index (χ2n) is 4.63. The van der Waals surface area contributed by atoms with Gasteiger partial charge in [-0.3, -0.25) is 0 Å². The van der Waals surface area contributed by atoms with Gasteiger partial charge in [-0.2, -0.15) is 0 Å². The van der Waals surface area contributed by atoms with Crippen molar-refractivity contribution in [1.29, 1.82) is 0 Å². The van der Waals surface area contributed by atoms with Crippen LogP contribution < -0.4 is 15.8 Å². The molecule has 1 atom stereocenters. The molecule has 3 nitrogen and oxygen atoms in total. The van der Waals surface area contributed by atoms with Gasteiger partial charge in [0.25, 0.3) is 0 Å². The van der Waals surface area contributed by atoms with Crippen molar-refractivity contribution in [2.45, 2.75) is 25.3 Å². The van der Waals surface area contributed by atoms with Crippen LogP contribution in [-0.2, 0) is 6.42 Å². The van der Waals surface area contributed by atoms with Crippen LogP contribution in [0.5, 0.6) is 5.75 Å². The van der Waals surface area contributed by atoms with Crippen LogP contribution in [0.15, 0.2) is 24.3 Å². The third-order valence-electron chi connectivity index (χ3n) is 3.04. The number of ether oxygens (including phenoxy) is 1. The summed E-state index contributed by atoms with van der Waals surface area (Å²) in [6.45, 7) is 3.44. The Kier molecular flexibility index (Phi) is 5.70. The average molecular weight is 246 g/mol. The Morgan fingerprint density at radius 2 is 2.17 bits per heavy atom. The molecule has 0 heterocycles. The second-order valence-corrected chi connectivity index (χ2v) is 4.63. The van der Waals surface area contributed by atoms with Crippen molar-refractivity contribution in [3.05, 3.63) is 29.8 Å². The zero-order valence-electron chi connectivity index (χ0n) is 11.2. The Hall–Kier alpha value is -1.50. The van der Waals surface area contributed by atoms with Gasteiger partial charge in [0.1, 0.15) is 5.75 Å². The zero-order valence-corrected chi connectivity index (χ0v) is 11.2. The van der Waals surface area contributed by atoms with E-state index in [2.05, 4.69) is 24.2 Å². The number of terminal acetylenes is 1. The normalized spacial score (nSPS) is 13.7. The van der Waals surface area contributed by atoms with E-state index in [1.54, 1.807) is 7.11 Å². The largest absolute Gasteiger partial charge is 0.496 e. The van der Waals surface area contributed by atoms with Crippen LogP contribution in [0.2, 0.25) is 0 Å². The molecule has 0 bridgehead atoms. The van der Waals surface area contributed by atoms with E-state index in [-0.39, 0.29) is 5.54 Å². The molecule has 0 radical (unpaired) electrons. The van der Waals surface area contributed by atoms with E-state index in [4.69, 9.17) is 16.9 Å². The highest BCUT2D eigenvalue weighted by Crippen LogP contribution is 2.22. The van der Waals surface area contributed by atoms with Crippen LogP contribution in [0.3, 0.4) is 0 Å². The molecule has 1 aromatic rings. The number of rotatable bonds is 7. The highest BCUT2D eigenvalue weighted by Gasteiger charge is 2.23. The predicted octanol–water partition coefficient (Wildman–Crippen LogP) is 1.57. The molecule has 0 aliphatic heterocycles. The Bertz CT molecular complexity index is 411. The maximum absolute atomic E-state index is 5.87. The Balaban J connectivity index is 2.75. The van der Waals surface area contributed by atoms with E-state index in [1.807, 2.05) is 18.2 Å². The molecular weight excluding hydrogens is 224 g/mol. The van der Waals surface area contributed by atoms with Gasteiger partial charge in [-0.05, 0) is 25.0 Å². The van der Waals surface area contributed by atoms with E-state index in [0.717, 1.165) is 24.3 Å². The number of para-hydroxylation sites is 1.